The minimum atomic E-state index is -3.59. The van der Waals surface area contributed by atoms with Gasteiger partial charge in [0.05, 0.1) is 11.5 Å². The fourth-order valence-electron chi connectivity index (χ4n) is 1.91. The van der Waals surface area contributed by atoms with Crippen molar-refractivity contribution in [3.8, 4) is 5.75 Å². The summed E-state index contributed by atoms with van der Waals surface area (Å²) in [6.07, 6.45) is 2.24. The molecule has 0 unspecified atom stereocenters. The largest absolute Gasteiger partial charge is 0.493 e. The van der Waals surface area contributed by atoms with Crippen LogP contribution in [0, 0.1) is 6.92 Å². The van der Waals surface area contributed by atoms with Crippen LogP contribution in [0.3, 0.4) is 0 Å². The van der Waals surface area contributed by atoms with E-state index in [4.69, 9.17) is 4.74 Å². The molecule has 0 radical (unpaired) electrons. The van der Waals surface area contributed by atoms with E-state index in [2.05, 4.69) is 14.7 Å². The van der Waals surface area contributed by atoms with Crippen LogP contribution in [0.15, 0.2) is 58.6 Å². The first-order chi connectivity index (χ1) is 11.5. The number of aryl methyl sites for hydroxylation is 1. The van der Waals surface area contributed by atoms with Gasteiger partial charge in [-0.15, -0.1) is 0 Å². The molecule has 0 aliphatic carbocycles. The number of anilines is 1. The lowest BCUT2D eigenvalue weighted by atomic mass is 10.2. The van der Waals surface area contributed by atoms with Crippen LogP contribution in [0.1, 0.15) is 12.0 Å². The molecule has 0 heterocycles. The molecule has 0 saturated carbocycles. The molecule has 2 aromatic rings. The zero-order valence-electron chi connectivity index (χ0n) is 13.6. The van der Waals surface area contributed by atoms with Crippen molar-refractivity contribution in [2.24, 2.45) is 5.16 Å². The molecule has 0 saturated heterocycles. The number of sulfonamides is 1. The normalized spacial score (nSPS) is 11.4. The van der Waals surface area contributed by atoms with Gasteiger partial charge in [-0.05, 0) is 43.3 Å². The Hall–Kier alpha value is -2.54. The molecule has 1 N–H and O–H groups in total. The van der Waals surface area contributed by atoms with Crippen molar-refractivity contribution in [1.82, 2.24) is 0 Å². The van der Waals surface area contributed by atoms with Crippen molar-refractivity contribution in [2.45, 2.75) is 18.2 Å². The van der Waals surface area contributed by atoms with Crippen molar-refractivity contribution < 1.29 is 18.0 Å². The van der Waals surface area contributed by atoms with Crippen molar-refractivity contribution in [2.75, 3.05) is 18.4 Å². The van der Waals surface area contributed by atoms with Gasteiger partial charge in [0.15, 0.2) is 0 Å². The summed E-state index contributed by atoms with van der Waals surface area (Å²) in [5, 5.41) is 3.61. The lowest BCUT2D eigenvalue weighted by molar-refractivity contribution is 0.213. The first kappa shape index (κ1) is 17.8. The molecule has 128 valence electrons. The predicted molar refractivity (Wildman–Crippen MR) is 94.0 cm³/mol. The zero-order valence-corrected chi connectivity index (χ0v) is 14.4. The minimum Gasteiger partial charge on any atom is -0.493 e. The Balaban J connectivity index is 1.95. The summed E-state index contributed by atoms with van der Waals surface area (Å²) < 4.78 is 32.7. The highest BCUT2D eigenvalue weighted by molar-refractivity contribution is 7.92. The number of hydrogen-bond acceptors (Lipinski definition) is 5. The monoisotopic (exact) mass is 348 g/mol. The molecule has 7 heteroatoms. The van der Waals surface area contributed by atoms with Crippen LogP contribution in [0.2, 0.25) is 0 Å². The van der Waals surface area contributed by atoms with Crippen molar-refractivity contribution in [1.29, 1.82) is 0 Å². The molecule has 24 heavy (non-hydrogen) atoms. The number of nitrogens with zero attached hydrogens (tertiary/aromatic N) is 1. The van der Waals surface area contributed by atoms with Crippen LogP contribution in [0.5, 0.6) is 5.75 Å². The molecule has 0 spiro atoms. The summed E-state index contributed by atoms with van der Waals surface area (Å²) >= 11 is 0. The fraction of sp³-hybridized carbons (Fsp3) is 0.235. The molecule has 0 amide bonds. The molecule has 0 aliphatic rings. The van der Waals surface area contributed by atoms with Gasteiger partial charge in [-0.3, -0.25) is 4.72 Å². The SMILES string of the molecule is CON=CCCOc1ccc(NS(=O)(=O)c2ccc(C)cc2)cc1. The Morgan fingerprint density at radius 2 is 1.75 bits per heavy atom. The topological polar surface area (TPSA) is 77.0 Å². The van der Waals surface area contributed by atoms with Crippen molar-refractivity contribution in [3.63, 3.8) is 0 Å². The molecular formula is C17H20N2O4S. The average molecular weight is 348 g/mol. The van der Waals surface area contributed by atoms with Crippen LogP contribution >= 0.6 is 0 Å². The lowest BCUT2D eigenvalue weighted by Gasteiger charge is -2.09. The Bertz CT molecular complexity index is 769. The van der Waals surface area contributed by atoms with E-state index in [1.807, 2.05) is 6.92 Å². The van der Waals surface area contributed by atoms with Gasteiger partial charge in [-0.2, -0.15) is 0 Å². The summed E-state index contributed by atoms with van der Waals surface area (Å²) in [6, 6.07) is 13.4. The molecular weight excluding hydrogens is 328 g/mol. The highest BCUT2D eigenvalue weighted by atomic mass is 32.2. The first-order valence-electron chi connectivity index (χ1n) is 7.38. The minimum absolute atomic E-state index is 0.228. The Labute approximate surface area is 142 Å². The van der Waals surface area contributed by atoms with E-state index in [0.29, 0.717) is 24.5 Å². The zero-order chi connectivity index (χ0) is 17.4. The summed E-state index contributed by atoms with van der Waals surface area (Å²) in [5.74, 6) is 0.652. The third kappa shape index (κ3) is 5.27. The third-order valence-electron chi connectivity index (χ3n) is 3.13. The molecule has 0 atom stereocenters. The second kappa shape index (κ2) is 8.35. The van der Waals surface area contributed by atoms with Gasteiger partial charge >= 0.3 is 0 Å². The highest BCUT2D eigenvalue weighted by Gasteiger charge is 2.13. The molecule has 2 rings (SSSR count). The van der Waals surface area contributed by atoms with E-state index in [0.717, 1.165) is 5.56 Å². The van der Waals surface area contributed by atoms with Gasteiger partial charge in [0, 0.05) is 18.3 Å². The maximum absolute atomic E-state index is 12.3. The van der Waals surface area contributed by atoms with E-state index in [1.165, 1.54) is 7.11 Å². The van der Waals surface area contributed by atoms with Crippen LogP contribution in [-0.2, 0) is 14.9 Å². The quantitative estimate of drug-likeness (QED) is 0.451. The van der Waals surface area contributed by atoms with E-state index in [1.54, 1.807) is 54.7 Å². The summed E-state index contributed by atoms with van der Waals surface area (Å²) in [7, 11) is -2.11. The molecule has 6 nitrogen and oxygen atoms in total. The van der Waals surface area contributed by atoms with Gasteiger partial charge < -0.3 is 9.57 Å². The van der Waals surface area contributed by atoms with Crippen LogP contribution in [0.4, 0.5) is 5.69 Å². The number of rotatable bonds is 8. The van der Waals surface area contributed by atoms with E-state index < -0.39 is 10.0 Å². The number of ether oxygens (including phenoxy) is 1. The summed E-state index contributed by atoms with van der Waals surface area (Å²) in [4.78, 5) is 4.78. The third-order valence-corrected chi connectivity index (χ3v) is 4.53. The lowest BCUT2D eigenvalue weighted by Crippen LogP contribution is -2.12. The first-order valence-corrected chi connectivity index (χ1v) is 8.87. The number of hydrogen-bond donors (Lipinski definition) is 1. The molecule has 2 aromatic carbocycles. The van der Waals surface area contributed by atoms with E-state index in [-0.39, 0.29) is 4.90 Å². The predicted octanol–water partition coefficient (Wildman–Crippen LogP) is 3.20. The van der Waals surface area contributed by atoms with Crippen LogP contribution in [-0.4, -0.2) is 28.3 Å². The average Bonchev–Trinajstić information content (AvgIpc) is 2.56. The Morgan fingerprint density at radius 3 is 2.38 bits per heavy atom. The Kier molecular flexibility index (Phi) is 6.20. The fourth-order valence-corrected chi connectivity index (χ4v) is 2.97. The summed E-state index contributed by atoms with van der Waals surface area (Å²) in [5.41, 5.74) is 1.48. The second-order valence-electron chi connectivity index (χ2n) is 5.05. The molecule has 0 bridgehead atoms. The van der Waals surface area contributed by atoms with Gasteiger partial charge in [0.2, 0.25) is 0 Å². The molecule has 0 fully saturated rings. The number of benzene rings is 2. The number of nitrogens with one attached hydrogen (secondary N) is 1. The van der Waals surface area contributed by atoms with Gasteiger partial charge in [-0.25, -0.2) is 8.42 Å². The van der Waals surface area contributed by atoms with E-state index >= 15 is 0 Å². The van der Waals surface area contributed by atoms with E-state index in [9.17, 15) is 8.42 Å². The maximum Gasteiger partial charge on any atom is 0.261 e. The molecule has 0 aromatic heterocycles. The van der Waals surface area contributed by atoms with Gasteiger partial charge in [-0.1, -0.05) is 22.9 Å². The van der Waals surface area contributed by atoms with Crippen molar-refractivity contribution in [3.05, 3.63) is 54.1 Å². The molecule has 0 aliphatic heterocycles. The Morgan fingerprint density at radius 1 is 1.08 bits per heavy atom. The van der Waals surface area contributed by atoms with Crippen LogP contribution in [0.25, 0.3) is 0 Å². The highest BCUT2D eigenvalue weighted by Crippen LogP contribution is 2.19. The van der Waals surface area contributed by atoms with Gasteiger partial charge in [0.25, 0.3) is 10.0 Å². The van der Waals surface area contributed by atoms with Crippen LogP contribution < -0.4 is 9.46 Å². The maximum atomic E-state index is 12.3. The van der Waals surface area contributed by atoms with Crippen molar-refractivity contribution >= 4 is 21.9 Å². The number of oxime groups is 1. The van der Waals surface area contributed by atoms with Gasteiger partial charge in [0.1, 0.15) is 12.9 Å². The smallest absolute Gasteiger partial charge is 0.261 e. The summed E-state index contributed by atoms with van der Waals surface area (Å²) in [6.45, 7) is 2.37. The second-order valence-corrected chi connectivity index (χ2v) is 6.73. The standard InChI is InChI=1S/C17H20N2O4S/c1-14-4-10-17(11-5-14)24(20,21)19-15-6-8-16(9-7-15)23-13-3-12-18-22-2/h4-12,19H,3,13H2,1-2H3.